The lowest BCUT2D eigenvalue weighted by Crippen LogP contribution is -2.29. The van der Waals surface area contributed by atoms with E-state index < -0.39 is 0 Å². The molecule has 5 nitrogen and oxygen atoms in total. The van der Waals surface area contributed by atoms with Crippen LogP contribution in [0, 0.1) is 0 Å². The van der Waals surface area contributed by atoms with Crippen LogP contribution in [0.1, 0.15) is 37.6 Å². The van der Waals surface area contributed by atoms with Gasteiger partial charge in [0.15, 0.2) is 0 Å². The van der Waals surface area contributed by atoms with Crippen molar-refractivity contribution in [2.75, 3.05) is 32.8 Å². The molecule has 0 aliphatic heterocycles. The molecular formula is C18H26N2O3. The number of carbonyl (C=O) groups excluding carboxylic acids is 1. The average Bonchev–Trinajstić information content (AvgIpc) is 3.04. The Morgan fingerprint density at radius 1 is 1.26 bits per heavy atom. The first-order valence-corrected chi connectivity index (χ1v) is 8.34. The second-order valence-electron chi connectivity index (χ2n) is 5.38. The fourth-order valence-corrected chi connectivity index (χ4v) is 2.59. The van der Waals surface area contributed by atoms with Crippen LogP contribution in [0.3, 0.4) is 0 Å². The largest absolute Gasteiger partial charge is 0.493 e. The van der Waals surface area contributed by atoms with Crippen LogP contribution in [-0.4, -0.2) is 43.6 Å². The third-order valence-electron chi connectivity index (χ3n) is 3.93. The summed E-state index contributed by atoms with van der Waals surface area (Å²) >= 11 is 0. The van der Waals surface area contributed by atoms with Crippen LogP contribution in [0.5, 0.6) is 5.75 Å². The van der Waals surface area contributed by atoms with Gasteiger partial charge in [0.25, 0.3) is 5.91 Å². The molecule has 0 bridgehead atoms. The van der Waals surface area contributed by atoms with Gasteiger partial charge in [-0.25, -0.2) is 0 Å². The monoisotopic (exact) mass is 318 g/mol. The van der Waals surface area contributed by atoms with Crippen LogP contribution in [0.15, 0.2) is 28.9 Å². The lowest BCUT2D eigenvalue weighted by Gasteiger charge is -2.17. The zero-order valence-corrected chi connectivity index (χ0v) is 14.2. The summed E-state index contributed by atoms with van der Waals surface area (Å²) in [5.41, 5.74) is 1.24. The number of hydrogen-bond acceptors (Lipinski definition) is 4. The maximum absolute atomic E-state index is 12.3. The quantitative estimate of drug-likeness (QED) is 0.721. The molecule has 0 fully saturated rings. The molecule has 126 valence electrons. The van der Waals surface area contributed by atoms with E-state index in [0.29, 0.717) is 30.0 Å². The molecule has 1 heterocycles. The first-order chi connectivity index (χ1) is 11.2. The van der Waals surface area contributed by atoms with E-state index in [1.165, 1.54) is 0 Å². The van der Waals surface area contributed by atoms with Gasteiger partial charge in [-0.05, 0) is 51.2 Å². The Hall–Kier alpha value is -2.01. The van der Waals surface area contributed by atoms with Crippen molar-refractivity contribution >= 4 is 16.9 Å². The van der Waals surface area contributed by atoms with Gasteiger partial charge in [0.1, 0.15) is 11.3 Å². The van der Waals surface area contributed by atoms with Crippen LogP contribution in [0.4, 0.5) is 0 Å². The standard InChI is InChI=1S/C18H26N2O3/c1-4-20(5-2)10-7-9-19-18(21)14-12-16(22-6-3)15-8-11-23-17(15)13-14/h8,11-13H,4-7,9-10H2,1-3H3,(H,19,21). The Kier molecular flexibility index (Phi) is 6.47. The Morgan fingerprint density at radius 2 is 2.04 bits per heavy atom. The smallest absolute Gasteiger partial charge is 0.251 e. The van der Waals surface area contributed by atoms with E-state index >= 15 is 0 Å². The second-order valence-corrected chi connectivity index (χ2v) is 5.38. The van der Waals surface area contributed by atoms with Gasteiger partial charge in [-0.2, -0.15) is 0 Å². The highest BCUT2D eigenvalue weighted by Gasteiger charge is 2.12. The maximum atomic E-state index is 12.3. The Bertz CT molecular complexity index is 632. The van der Waals surface area contributed by atoms with E-state index in [9.17, 15) is 4.79 Å². The predicted octanol–water partition coefficient (Wildman–Crippen LogP) is 3.29. The zero-order valence-electron chi connectivity index (χ0n) is 14.2. The summed E-state index contributed by atoms with van der Waals surface area (Å²) in [6, 6.07) is 5.39. The summed E-state index contributed by atoms with van der Waals surface area (Å²) in [5.74, 6) is 0.593. The van der Waals surface area contributed by atoms with Crippen LogP contribution in [0.25, 0.3) is 11.0 Å². The van der Waals surface area contributed by atoms with E-state index in [0.717, 1.165) is 31.4 Å². The molecule has 0 atom stereocenters. The summed E-state index contributed by atoms with van der Waals surface area (Å²) < 4.78 is 11.0. The fraction of sp³-hybridized carbons (Fsp3) is 0.500. The van der Waals surface area contributed by atoms with E-state index in [1.54, 1.807) is 18.4 Å². The number of benzene rings is 1. The third kappa shape index (κ3) is 4.48. The van der Waals surface area contributed by atoms with Crippen molar-refractivity contribution in [3.05, 3.63) is 30.0 Å². The number of ether oxygens (including phenoxy) is 1. The Morgan fingerprint density at radius 3 is 2.74 bits per heavy atom. The number of rotatable bonds is 9. The number of hydrogen-bond donors (Lipinski definition) is 1. The Balaban J connectivity index is 1.97. The van der Waals surface area contributed by atoms with Crippen molar-refractivity contribution in [2.24, 2.45) is 0 Å². The number of fused-ring (bicyclic) bond motifs is 1. The van der Waals surface area contributed by atoms with E-state index in [4.69, 9.17) is 9.15 Å². The van der Waals surface area contributed by atoms with Gasteiger partial charge < -0.3 is 19.4 Å². The molecule has 0 saturated heterocycles. The number of furan rings is 1. The fourth-order valence-electron chi connectivity index (χ4n) is 2.59. The minimum Gasteiger partial charge on any atom is -0.493 e. The van der Waals surface area contributed by atoms with E-state index in [1.807, 2.05) is 13.0 Å². The second kappa shape index (κ2) is 8.58. The summed E-state index contributed by atoms with van der Waals surface area (Å²) in [6.45, 7) is 10.5. The minimum absolute atomic E-state index is 0.0937. The van der Waals surface area contributed by atoms with Gasteiger partial charge in [0.05, 0.1) is 18.3 Å². The molecule has 0 radical (unpaired) electrons. The summed E-state index contributed by atoms with van der Waals surface area (Å²) in [4.78, 5) is 14.7. The van der Waals surface area contributed by atoms with E-state index in [-0.39, 0.29) is 5.91 Å². The third-order valence-corrected chi connectivity index (χ3v) is 3.93. The van der Waals surface area contributed by atoms with Gasteiger partial charge >= 0.3 is 0 Å². The van der Waals surface area contributed by atoms with E-state index in [2.05, 4.69) is 24.1 Å². The van der Waals surface area contributed by atoms with Gasteiger partial charge in [-0.1, -0.05) is 13.8 Å². The number of amides is 1. The number of nitrogens with one attached hydrogen (secondary N) is 1. The first-order valence-electron chi connectivity index (χ1n) is 8.34. The van der Waals surface area contributed by atoms with Crippen molar-refractivity contribution in [1.29, 1.82) is 0 Å². The minimum atomic E-state index is -0.0937. The molecule has 1 amide bonds. The van der Waals surface area contributed by atoms with Gasteiger partial charge in [-0.15, -0.1) is 0 Å². The van der Waals surface area contributed by atoms with Gasteiger partial charge in [0.2, 0.25) is 0 Å². The molecule has 0 unspecified atom stereocenters. The van der Waals surface area contributed by atoms with Crippen molar-refractivity contribution in [2.45, 2.75) is 27.2 Å². The number of nitrogens with zero attached hydrogens (tertiary/aromatic N) is 1. The molecule has 2 aromatic rings. The predicted molar refractivity (Wildman–Crippen MR) is 92.1 cm³/mol. The summed E-state index contributed by atoms with van der Waals surface area (Å²) in [6.07, 6.45) is 2.55. The molecule has 0 aliphatic carbocycles. The van der Waals surface area contributed by atoms with Crippen molar-refractivity contribution in [3.63, 3.8) is 0 Å². The van der Waals surface area contributed by atoms with Crippen molar-refractivity contribution < 1.29 is 13.9 Å². The Labute approximate surface area is 137 Å². The first kappa shape index (κ1) is 17.3. The van der Waals surface area contributed by atoms with Crippen LogP contribution >= 0.6 is 0 Å². The molecular weight excluding hydrogens is 292 g/mol. The van der Waals surface area contributed by atoms with Crippen molar-refractivity contribution in [1.82, 2.24) is 10.2 Å². The highest BCUT2D eigenvalue weighted by Crippen LogP contribution is 2.28. The van der Waals surface area contributed by atoms with Gasteiger partial charge in [-0.3, -0.25) is 4.79 Å². The molecule has 5 heteroatoms. The molecule has 0 spiro atoms. The summed E-state index contributed by atoms with van der Waals surface area (Å²) in [7, 11) is 0. The highest BCUT2D eigenvalue weighted by atomic mass is 16.5. The molecule has 1 N–H and O–H groups in total. The molecule has 1 aromatic carbocycles. The van der Waals surface area contributed by atoms with Gasteiger partial charge in [0, 0.05) is 12.1 Å². The average molecular weight is 318 g/mol. The summed E-state index contributed by atoms with van der Waals surface area (Å²) in [5, 5.41) is 3.86. The highest BCUT2D eigenvalue weighted by molar-refractivity contribution is 5.99. The lowest BCUT2D eigenvalue weighted by molar-refractivity contribution is 0.0951. The SMILES string of the molecule is CCOc1cc(C(=O)NCCCN(CC)CC)cc2occc12. The molecule has 0 aliphatic rings. The maximum Gasteiger partial charge on any atom is 0.251 e. The number of carbonyl (C=O) groups is 1. The normalized spacial score (nSPS) is 11.1. The molecule has 0 saturated carbocycles. The zero-order chi connectivity index (χ0) is 16.7. The lowest BCUT2D eigenvalue weighted by atomic mass is 10.1. The molecule has 2 rings (SSSR count). The van der Waals surface area contributed by atoms with Crippen LogP contribution in [0.2, 0.25) is 0 Å². The van der Waals surface area contributed by atoms with Crippen LogP contribution < -0.4 is 10.1 Å². The molecule has 23 heavy (non-hydrogen) atoms. The van der Waals surface area contributed by atoms with Crippen molar-refractivity contribution in [3.8, 4) is 5.75 Å². The topological polar surface area (TPSA) is 54.7 Å². The molecule has 1 aromatic heterocycles. The van der Waals surface area contributed by atoms with Crippen LogP contribution in [-0.2, 0) is 0 Å².